The van der Waals surface area contributed by atoms with Crippen LogP contribution < -0.4 is 4.74 Å². The molecule has 3 rings (SSSR count). The van der Waals surface area contributed by atoms with Gasteiger partial charge in [-0.1, -0.05) is 38.1 Å². The molecule has 0 radical (unpaired) electrons. The summed E-state index contributed by atoms with van der Waals surface area (Å²) < 4.78 is 10.8. The molecule has 0 amide bonds. The Morgan fingerprint density at radius 1 is 1.15 bits per heavy atom. The van der Waals surface area contributed by atoms with E-state index in [1.54, 1.807) is 12.1 Å². The van der Waals surface area contributed by atoms with Crippen molar-refractivity contribution in [2.75, 3.05) is 13.2 Å². The number of hydrogen-bond acceptors (Lipinski definition) is 3. The van der Waals surface area contributed by atoms with Gasteiger partial charge in [0.2, 0.25) is 0 Å². The molecule has 0 saturated heterocycles. The van der Waals surface area contributed by atoms with Gasteiger partial charge in [-0.3, -0.25) is 0 Å². The first-order chi connectivity index (χ1) is 12.4. The maximum absolute atomic E-state index is 11.7. The molecule has 26 heavy (non-hydrogen) atoms. The van der Waals surface area contributed by atoms with Crippen LogP contribution in [0.25, 0.3) is 11.6 Å². The summed E-state index contributed by atoms with van der Waals surface area (Å²) in [7, 11) is 0. The van der Waals surface area contributed by atoms with E-state index in [0.29, 0.717) is 12.2 Å². The highest BCUT2D eigenvalue weighted by Crippen LogP contribution is 2.39. The van der Waals surface area contributed by atoms with Gasteiger partial charge >= 0.3 is 5.97 Å². The van der Waals surface area contributed by atoms with Gasteiger partial charge in [-0.15, -0.1) is 0 Å². The summed E-state index contributed by atoms with van der Waals surface area (Å²) in [4.78, 5) is 11.7. The van der Waals surface area contributed by atoms with Gasteiger partial charge < -0.3 is 9.47 Å². The highest BCUT2D eigenvalue weighted by atomic mass is 16.5. The SMILES string of the molecule is CCOC(=O)c1ccc(/C=C(\C)c2ccc3c(c2)C(C)(C)CCO3)cc1. The van der Waals surface area contributed by atoms with E-state index in [1.165, 1.54) is 16.7 Å². The topological polar surface area (TPSA) is 35.5 Å². The summed E-state index contributed by atoms with van der Waals surface area (Å²) in [5.74, 6) is 0.716. The Kier molecular flexibility index (Phi) is 5.17. The molecule has 3 nitrogen and oxygen atoms in total. The van der Waals surface area contributed by atoms with Gasteiger partial charge in [0, 0.05) is 5.56 Å². The van der Waals surface area contributed by atoms with Crippen LogP contribution in [-0.2, 0) is 10.2 Å². The van der Waals surface area contributed by atoms with Crippen LogP contribution in [0.1, 0.15) is 61.2 Å². The zero-order chi connectivity index (χ0) is 18.7. The number of allylic oxidation sites excluding steroid dienone is 1. The van der Waals surface area contributed by atoms with Crippen LogP contribution in [0.5, 0.6) is 5.75 Å². The van der Waals surface area contributed by atoms with E-state index in [2.05, 4.69) is 45.0 Å². The molecule has 2 aromatic rings. The predicted molar refractivity (Wildman–Crippen MR) is 106 cm³/mol. The van der Waals surface area contributed by atoms with Gasteiger partial charge in [-0.05, 0) is 66.6 Å². The van der Waals surface area contributed by atoms with Gasteiger partial charge in [0.25, 0.3) is 0 Å². The molecule has 0 aliphatic carbocycles. The third kappa shape index (κ3) is 3.82. The minimum absolute atomic E-state index is 0.130. The van der Waals surface area contributed by atoms with E-state index in [9.17, 15) is 4.79 Å². The number of esters is 1. The van der Waals surface area contributed by atoms with Gasteiger partial charge in [-0.2, -0.15) is 0 Å². The standard InChI is InChI=1S/C23H26O3/c1-5-25-22(24)18-8-6-17(7-9-18)14-16(2)19-10-11-21-20(15-19)23(3,4)12-13-26-21/h6-11,14-15H,5,12-13H2,1-4H3/b16-14+. The molecule has 136 valence electrons. The fraction of sp³-hybridized carbons (Fsp3) is 0.348. The summed E-state index contributed by atoms with van der Waals surface area (Å²) in [6.45, 7) is 9.62. The number of carbonyl (C=O) groups excluding carboxylic acids is 1. The number of carbonyl (C=O) groups is 1. The third-order valence-corrected chi connectivity index (χ3v) is 4.95. The van der Waals surface area contributed by atoms with Crippen LogP contribution in [0, 0.1) is 0 Å². The molecule has 1 aliphatic rings. The molecule has 1 aliphatic heterocycles. The normalized spacial score (nSPS) is 15.8. The Morgan fingerprint density at radius 3 is 2.54 bits per heavy atom. The van der Waals surface area contributed by atoms with Crippen molar-refractivity contribution in [3.63, 3.8) is 0 Å². The van der Waals surface area contributed by atoms with E-state index in [0.717, 1.165) is 24.3 Å². The summed E-state index contributed by atoms with van der Waals surface area (Å²) in [5, 5.41) is 0. The third-order valence-electron chi connectivity index (χ3n) is 4.95. The molecule has 0 N–H and O–H groups in total. The Hall–Kier alpha value is -2.55. The van der Waals surface area contributed by atoms with Crippen LogP contribution in [0.4, 0.5) is 0 Å². The molecule has 0 fully saturated rings. The number of fused-ring (bicyclic) bond motifs is 1. The Labute approximate surface area is 155 Å². The van der Waals surface area contributed by atoms with Gasteiger partial charge in [0.05, 0.1) is 18.8 Å². The minimum Gasteiger partial charge on any atom is -0.493 e. The predicted octanol–water partition coefficient (Wildman–Crippen LogP) is 5.48. The Morgan fingerprint density at radius 2 is 1.85 bits per heavy atom. The molecular formula is C23H26O3. The van der Waals surface area contributed by atoms with E-state index in [-0.39, 0.29) is 11.4 Å². The largest absolute Gasteiger partial charge is 0.493 e. The average Bonchev–Trinajstić information content (AvgIpc) is 2.62. The van der Waals surface area contributed by atoms with Crippen molar-refractivity contribution < 1.29 is 14.3 Å². The smallest absolute Gasteiger partial charge is 0.338 e. The number of benzene rings is 2. The fourth-order valence-electron chi connectivity index (χ4n) is 3.24. The molecular weight excluding hydrogens is 324 g/mol. The molecule has 0 unspecified atom stereocenters. The van der Waals surface area contributed by atoms with Crippen LogP contribution >= 0.6 is 0 Å². The van der Waals surface area contributed by atoms with Crippen molar-refractivity contribution >= 4 is 17.6 Å². The molecule has 0 aromatic heterocycles. The molecule has 0 saturated carbocycles. The van der Waals surface area contributed by atoms with Gasteiger partial charge in [0.15, 0.2) is 0 Å². The summed E-state index contributed by atoms with van der Waals surface area (Å²) in [5.41, 5.74) is 5.41. The fourth-order valence-corrected chi connectivity index (χ4v) is 3.24. The highest BCUT2D eigenvalue weighted by Gasteiger charge is 2.28. The number of ether oxygens (including phenoxy) is 2. The van der Waals surface area contributed by atoms with E-state index < -0.39 is 0 Å². The molecule has 3 heteroatoms. The summed E-state index contributed by atoms with van der Waals surface area (Å²) in [6, 6.07) is 13.9. The van der Waals surface area contributed by atoms with Crippen LogP contribution in [-0.4, -0.2) is 19.2 Å². The Balaban J connectivity index is 1.85. The van der Waals surface area contributed by atoms with Crippen molar-refractivity contribution in [3.05, 3.63) is 64.7 Å². The molecule has 0 spiro atoms. The van der Waals surface area contributed by atoms with Crippen molar-refractivity contribution in [1.82, 2.24) is 0 Å². The number of hydrogen-bond donors (Lipinski definition) is 0. The van der Waals surface area contributed by atoms with Crippen molar-refractivity contribution in [2.45, 2.75) is 39.5 Å². The van der Waals surface area contributed by atoms with Crippen LogP contribution in [0.15, 0.2) is 42.5 Å². The lowest BCUT2D eigenvalue weighted by molar-refractivity contribution is 0.0526. The Bertz CT molecular complexity index is 829. The molecule has 0 atom stereocenters. The lowest BCUT2D eigenvalue weighted by Crippen LogP contribution is -2.26. The second kappa shape index (κ2) is 7.36. The summed E-state index contributed by atoms with van der Waals surface area (Å²) in [6.07, 6.45) is 3.16. The lowest BCUT2D eigenvalue weighted by Gasteiger charge is -2.32. The minimum atomic E-state index is -0.281. The monoisotopic (exact) mass is 350 g/mol. The quantitative estimate of drug-likeness (QED) is 0.541. The maximum atomic E-state index is 11.7. The van der Waals surface area contributed by atoms with Gasteiger partial charge in [-0.25, -0.2) is 4.79 Å². The van der Waals surface area contributed by atoms with Crippen LogP contribution in [0.2, 0.25) is 0 Å². The molecule has 0 bridgehead atoms. The first-order valence-corrected chi connectivity index (χ1v) is 9.14. The zero-order valence-electron chi connectivity index (χ0n) is 16.0. The average molecular weight is 350 g/mol. The first-order valence-electron chi connectivity index (χ1n) is 9.14. The van der Waals surface area contributed by atoms with Crippen LogP contribution in [0.3, 0.4) is 0 Å². The van der Waals surface area contributed by atoms with Crippen molar-refractivity contribution in [3.8, 4) is 5.75 Å². The van der Waals surface area contributed by atoms with E-state index >= 15 is 0 Å². The molecule has 1 heterocycles. The van der Waals surface area contributed by atoms with Crippen molar-refractivity contribution in [2.24, 2.45) is 0 Å². The maximum Gasteiger partial charge on any atom is 0.338 e. The molecule has 2 aromatic carbocycles. The van der Waals surface area contributed by atoms with Crippen molar-refractivity contribution in [1.29, 1.82) is 0 Å². The summed E-state index contributed by atoms with van der Waals surface area (Å²) >= 11 is 0. The van der Waals surface area contributed by atoms with Gasteiger partial charge in [0.1, 0.15) is 5.75 Å². The highest BCUT2D eigenvalue weighted by molar-refractivity contribution is 5.90. The first kappa shape index (κ1) is 18.2. The number of rotatable bonds is 4. The lowest BCUT2D eigenvalue weighted by atomic mass is 9.79. The zero-order valence-corrected chi connectivity index (χ0v) is 16.0. The van der Waals surface area contributed by atoms with E-state index in [1.807, 2.05) is 19.1 Å². The second-order valence-corrected chi connectivity index (χ2v) is 7.36. The second-order valence-electron chi connectivity index (χ2n) is 7.36. The van der Waals surface area contributed by atoms with E-state index in [4.69, 9.17) is 9.47 Å².